The number of benzene rings is 2. The summed E-state index contributed by atoms with van der Waals surface area (Å²) in [5.74, 6) is 3.11. The van der Waals surface area contributed by atoms with E-state index in [1.165, 1.54) is 0 Å². The molecule has 2 N–H and O–H groups in total. The van der Waals surface area contributed by atoms with E-state index in [4.69, 9.17) is 29.4 Å². The zero-order valence-electron chi connectivity index (χ0n) is 14.7. The van der Waals surface area contributed by atoms with E-state index >= 15 is 0 Å². The lowest BCUT2D eigenvalue weighted by molar-refractivity contribution is -0.0629. The first kappa shape index (κ1) is 17.2. The quantitative estimate of drug-likeness (QED) is 0.868. The minimum absolute atomic E-state index is 0.368. The lowest BCUT2D eigenvalue weighted by Crippen LogP contribution is -2.56. The summed E-state index contributed by atoms with van der Waals surface area (Å²) in [6, 6.07) is 13.0. The van der Waals surface area contributed by atoms with Gasteiger partial charge in [0.2, 0.25) is 5.75 Å². The summed E-state index contributed by atoms with van der Waals surface area (Å²) in [6.45, 7) is 2.28. The average molecular weight is 345 g/mol. The van der Waals surface area contributed by atoms with Gasteiger partial charge >= 0.3 is 0 Å². The highest BCUT2D eigenvalue weighted by Gasteiger charge is 2.40. The number of hydrogen-bond donors (Lipinski definition) is 1. The number of ether oxygens (including phenoxy) is 5. The van der Waals surface area contributed by atoms with Crippen LogP contribution < -0.4 is 29.4 Å². The molecule has 0 amide bonds. The Labute approximate surface area is 147 Å². The number of para-hydroxylation sites is 3. The molecule has 0 aliphatic carbocycles. The van der Waals surface area contributed by atoms with Crippen molar-refractivity contribution >= 4 is 0 Å². The minimum atomic E-state index is -0.705. The fourth-order valence-electron chi connectivity index (χ4n) is 2.71. The van der Waals surface area contributed by atoms with E-state index in [1.807, 2.05) is 49.4 Å². The molecule has 1 aliphatic rings. The molecule has 0 spiro atoms. The van der Waals surface area contributed by atoms with Gasteiger partial charge in [-0.2, -0.15) is 0 Å². The van der Waals surface area contributed by atoms with E-state index < -0.39 is 11.8 Å². The predicted molar refractivity (Wildman–Crippen MR) is 93.7 cm³/mol. The van der Waals surface area contributed by atoms with Gasteiger partial charge in [0, 0.05) is 6.42 Å². The third-order valence-corrected chi connectivity index (χ3v) is 4.28. The van der Waals surface area contributed by atoms with Gasteiger partial charge in [-0.05, 0) is 31.2 Å². The maximum Gasteiger partial charge on any atom is 0.203 e. The minimum Gasteiger partial charge on any atom is -0.493 e. The third-order valence-electron chi connectivity index (χ3n) is 4.28. The molecule has 0 aromatic heterocycles. The molecule has 2 aromatic carbocycles. The van der Waals surface area contributed by atoms with Crippen LogP contribution in [0.15, 0.2) is 42.5 Å². The van der Waals surface area contributed by atoms with Crippen LogP contribution in [0.5, 0.6) is 28.7 Å². The summed E-state index contributed by atoms with van der Waals surface area (Å²) in [5.41, 5.74) is 5.46. The molecule has 1 heterocycles. The first-order valence-corrected chi connectivity index (χ1v) is 8.11. The smallest absolute Gasteiger partial charge is 0.203 e. The third kappa shape index (κ3) is 3.44. The average Bonchev–Trinajstić information content (AvgIpc) is 2.62. The van der Waals surface area contributed by atoms with Crippen LogP contribution in [-0.4, -0.2) is 32.7 Å². The van der Waals surface area contributed by atoms with E-state index in [2.05, 4.69) is 0 Å². The molecule has 0 saturated heterocycles. The molecule has 6 heteroatoms. The van der Waals surface area contributed by atoms with E-state index in [9.17, 15) is 0 Å². The Morgan fingerprint density at radius 1 is 1.00 bits per heavy atom. The summed E-state index contributed by atoms with van der Waals surface area (Å²) in [5, 5.41) is 0. The largest absolute Gasteiger partial charge is 0.493 e. The SMILES string of the molecule is COc1cccc(OC)c1OCCC1(C)Oc2ccccc2OC1N. The van der Waals surface area contributed by atoms with Crippen molar-refractivity contribution in [2.75, 3.05) is 20.8 Å². The molecule has 2 unspecified atom stereocenters. The summed E-state index contributed by atoms with van der Waals surface area (Å²) in [7, 11) is 3.18. The van der Waals surface area contributed by atoms with Gasteiger partial charge < -0.3 is 23.7 Å². The molecular weight excluding hydrogens is 322 g/mol. The Morgan fingerprint density at radius 2 is 1.64 bits per heavy atom. The highest BCUT2D eigenvalue weighted by molar-refractivity contribution is 5.51. The lowest BCUT2D eigenvalue weighted by Gasteiger charge is -2.40. The van der Waals surface area contributed by atoms with Crippen LogP contribution in [0.25, 0.3) is 0 Å². The Hall–Kier alpha value is -2.60. The Bertz CT molecular complexity index is 713. The van der Waals surface area contributed by atoms with Gasteiger partial charge in [0.05, 0.1) is 20.8 Å². The van der Waals surface area contributed by atoms with Gasteiger partial charge in [-0.3, -0.25) is 5.73 Å². The van der Waals surface area contributed by atoms with Gasteiger partial charge in [-0.1, -0.05) is 18.2 Å². The summed E-state index contributed by atoms with van der Waals surface area (Å²) in [4.78, 5) is 0. The molecule has 25 heavy (non-hydrogen) atoms. The number of nitrogens with two attached hydrogens (primary N) is 1. The van der Waals surface area contributed by atoms with Crippen molar-refractivity contribution < 1.29 is 23.7 Å². The van der Waals surface area contributed by atoms with Crippen LogP contribution >= 0.6 is 0 Å². The van der Waals surface area contributed by atoms with E-state index in [-0.39, 0.29) is 0 Å². The molecular formula is C19H23NO5. The van der Waals surface area contributed by atoms with Crippen molar-refractivity contribution in [3.63, 3.8) is 0 Å². The Kier molecular flexibility index (Phi) is 4.90. The topological polar surface area (TPSA) is 72.2 Å². The van der Waals surface area contributed by atoms with Gasteiger partial charge in [0.25, 0.3) is 0 Å². The van der Waals surface area contributed by atoms with E-state index in [0.717, 1.165) is 0 Å². The fourth-order valence-corrected chi connectivity index (χ4v) is 2.71. The van der Waals surface area contributed by atoms with Gasteiger partial charge in [0.15, 0.2) is 34.8 Å². The molecule has 0 bridgehead atoms. The normalized spacial score (nSPS) is 21.5. The molecule has 2 aromatic rings. The molecule has 0 saturated carbocycles. The molecule has 2 atom stereocenters. The zero-order chi connectivity index (χ0) is 17.9. The van der Waals surface area contributed by atoms with Gasteiger partial charge in [-0.25, -0.2) is 0 Å². The van der Waals surface area contributed by atoms with E-state index in [1.54, 1.807) is 14.2 Å². The molecule has 134 valence electrons. The molecule has 3 rings (SSSR count). The second kappa shape index (κ2) is 7.11. The summed E-state index contributed by atoms with van der Waals surface area (Å²) >= 11 is 0. The number of hydrogen-bond acceptors (Lipinski definition) is 6. The van der Waals surface area contributed by atoms with Crippen LogP contribution in [0.4, 0.5) is 0 Å². The molecule has 1 aliphatic heterocycles. The summed E-state index contributed by atoms with van der Waals surface area (Å²) in [6.07, 6.45) is -0.0606. The van der Waals surface area contributed by atoms with Crippen LogP contribution in [0.2, 0.25) is 0 Å². The van der Waals surface area contributed by atoms with Crippen molar-refractivity contribution in [3.8, 4) is 28.7 Å². The Morgan fingerprint density at radius 3 is 2.28 bits per heavy atom. The predicted octanol–water partition coefficient (Wildman–Crippen LogP) is 2.99. The Balaban J connectivity index is 1.70. The number of fused-ring (bicyclic) bond motifs is 1. The maximum atomic E-state index is 6.17. The van der Waals surface area contributed by atoms with Crippen LogP contribution in [0.3, 0.4) is 0 Å². The second-order valence-electron chi connectivity index (χ2n) is 5.99. The first-order valence-electron chi connectivity index (χ1n) is 8.11. The van der Waals surface area contributed by atoms with Crippen molar-refractivity contribution in [3.05, 3.63) is 42.5 Å². The summed E-state index contributed by atoms with van der Waals surface area (Å²) < 4.78 is 28.5. The van der Waals surface area contributed by atoms with Crippen LogP contribution in [-0.2, 0) is 0 Å². The standard InChI is InChI=1S/C19H23NO5/c1-19(18(20)24-13-7-4-5-8-14(13)25-19)11-12-23-17-15(21-2)9-6-10-16(17)22-3/h4-10,18H,11-12,20H2,1-3H3. The number of rotatable bonds is 6. The van der Waals surface area contributed by atoms with Crippen molar-refractivity contribution in [2.45, 2.75) is 25.2 Å². The van der Waals surface area contributed by atoms with Gasteiger partial charge in [-0.15, -0.1) is 0 Å². The molecule has 0 fully saturated rings. The highest BCUT2D eigenvalue weighted by atomic mass is 16.6. The van der Waals surface area contributed by atoms with Crippen molar-refractivity contribution in [2.24, 2.45) is 5.73 Å². The fraction of sp³-hybridized carbons (Fsp3) is 0.368. The first-order chi connectivity index (χ1) is 12.1. The van der Waals surface area contributed by atoms with Crippen molar-refractivity contribution in [1.29, 1.82) is 0 Å². The highest BCUT2D eigenvalue weighted by Crippen LogP contribution is 2.39. The zero-order valence-corrected chi connectivity index (χ0v) is 14.7. The van der Waals surface area contributed by atoms with Crippen molar-refractivity contribution in [1.82, 2.24) is 0 Å². The monoisotopic (exact) mass is 345 g/mol. The lowest BCUT2D eigenvalue weighted by atomic mass is 9.99. The van der Waals surface area contributed by atoms with Crippen LogP contribution in [0, 0.1) is 0 Å². The number of methoxy groups -OCH3 is 2. The van der Waals surface area contributed by atoms with Crippen LogP contribution in [0.1, 0.15) is 13.3 Å². The van der Waals surface area contributed by atoms with Gasteiger partial charge in [0.1, 0.15) is 0 Å². The maximum absolute atomic E-state index is 6.17. The second-order valence-corrected chi connectivity index (χ2v) is 5.99. The molecule has 6 nitrogen and oxygen atoms in total. The van der Waals surface area contributed by atoms with E-state index in [0.29, 0.717) is 41.8 Å². The molecule has 0 radical (unpaired) electrons.